The largest absolute Gasteiger partial charge is 0.476 e. The molecule has 0 aliphatic carbocycles. The van der Waals surface area contributed by atoms with Gasteiger partial charge in [-0.05, 0) is 28.1 Å². The van der Waals surface area contributed by atoms with Gasteiger partial charge in [0.25, 0.3) is 0 Å². The van der Waals surface area contributed by atoms with Gasteiger partial charge in [-0.15, -0.1) is 0 Å². The van der Waals surface area contributed by atoms with Crippen molar-refractivity contribution < 1.29 is 4.74 Å². The number of halogens is 3. The first kappa shape index (κ1) is 10.3. The SMILES string of the molecule is Clc1cc(C2=NCCO2)cc(Cl)c1Br. The van der Waals surface area contributed by atoms with Crippen molar-refractivity contribution >= 4 is 45.0 Å². The zero-order chi connectivity index (χ0) is 10.1. The van der Waals surface area contributed by atoms with Crippen molar-refractivity contribution in [1.82, 2.24) is 0 Å². The molecule has 0 N–H and O–H groups in total. The first-order valence-electron chi connectivity index (χ1n) is 4.00. The smallest absolute Gasteiger partial charge is 0.216 e. The molecule has 0 atom stereocenters. The number of rotatable bonds is 1. The van der Waals surface area contributed by atoms with E-state index >= 15 is 0 Å². The molecule has 74 valence electrons. The zero-order valence-electron chi connectivity index (χ0n) is 7.06. The number of hydrogen-bond donors (Lipinski definition) is 0. The molecule has 0 aromatic heterocycles. The molecule has 0 radical (unpaired) electrons. The highest BCUT2D eigenvalue weighted by atomic mass is 79.9. The molecule has 14 heavy (non-hydrogen) atoms. The van der Waals surface area contributed by atoms with E-state index in [9.17, 15) is 0 Å². The van der Waals surface area contributed by atoms with Crippen LogP contribution in [0, 0.1) is 0 Å². The van der Waals surface area contributed by atoms with Crippen LogP contribution in [0.5, 0.6) is 0 Å². The minimum Gasteiger partial charge on any atom is -0.476 e. The summed E-state index contributed by atoms with van der Waals surface area (Å²) in [6, 6.07) is 3.56. The molecule has 0 saturated carbocycles. The van der Waals surface area contributed by atoms with Crippen LogP contribution in [0.15, 0.2) is 21.6 Å². The summed E-state index contributed by atoms with van der Waals surface area (Å²) in [5.41, 5.74) is 0.820. The molecule has 0 unspecified atom stereocenters. The molecule has 1 aliphatic rings. The fourth-order valence-corrected chi connectivity index (χ4v) is 1.90. The standard InChI is InChI=1S/C9H6BrCl2NO/c10-8-6(11)3-5(4-7(8)12)9-13-1-2-14-9/h3-4H,1-2H2. The second kappa shape index (κ2) is 4.09. The van der Waals surface area contributed by atoms with E-state index in [4.69, 9.17) is 27.9 Å². The molecule has 0 amide bonds. The molecule has 0 fully saturated rings. The summed E-state index contributed by atoms with van der Waals surface area (Å²) in [7, 11) is 0. The van der Waals surface area contributed by atoms with Gasteiger partial charge in [0.05, 0.1) is 21.1 Å². The zero-order valence-corrected chi connectivity index (χ0v) is 10.2. The van der Waals surface area contributed by atoms with E-state index in [1.165, 1.54) is 0 Å². The van der Waals surface area contributed by atoms with Crippen LogP contribution in [0.3, 0.4) is 0 Å². The monoisotopic (exact) mass is 293 g/mol. The van der Waals surface area contributed by atoms with Crippen LogP contribution in [0.1, 0.15) is 5.56 Å². The molecular weight excluding hydrogens is 289 g/mol. The Bertz CT molecular complexity index is 383. The summed E-state index contributed by atoms with van der Waals surface area (Å²) in [6.45, 7) is 1.32. The van der Waals surface area contributed by atoms with Crippen LogP contribution < -0.4 is 0 Å². The van der Waals surface area contributed by atoms with E-state index in [-0.39, 0.29) is 0 Å². The quantitative estimate of drug-likeness (QED) is 0.726. The van der Waals surface area contributed by atoms with Crippen molar-refractivity contribution in [3.8, 4) is 0 Å². The molecule has 5 heteroatoms. The van der Waals surface area contributed by atoms with Gasteiger partial charge in [-0.1, -0.05) is 23.2 Å². The van der Waals surface area contributed by atoms with Crippen LogP contribution >= 0.6 is 39.1 Å². The maximum atomic E-state index is 5.96. The second-order valence-electron chi connectivity index (χ2n) is 2.79. The van der Waals surface area contributed by atoms with Gasteiger partial charge < -0.3 is 4.74 Å². The lowest BCUT2D eigenvalue weighted by Crippen LogP contribution is -2.01. The maximum absolute atomic E-state index is 5.96. The summed E-state index contributed by atoms with van der Waals surface area (Å²) in [6.07, 6.45) is 0. The van der Waals surface area contributed by atoms with Gasteiger partial charge in [-0.25, -0.2) is 4.99 Å². The first-order valence-corrected chi connectivity index (χ1v) is 5.55. The van der Waals surface area contributed by atoms with Crippen molar-refractivity contribution in [1.29, 1.82) is 0 Å². The normalized spacial score (nSPS) is 15.2. The van der Waals surface area contributed by atoms with Crippen molar-refractivity contribution in [2.45, 2.75) is 0 Å². The third kappa shape index (κ3) is 1.90. The van der Waals surface area contributed by atoms with Gasteiger partial charge in [-0.2, -0.15) is 0 Å². The predicted molar refractivity (Wildman–Crippen MR) is 61.5 cm³/mol. The summed E-state index contributed by atoms with van der Waals surface area (Å²) >= 11 is 15.2. The van der Waals surface area contributed by atoms with Crippen LogP contribution in [0.2, 0.25) is 10.0 Å². The molecule has 1 heterocycles. The number of nitrogens with zero attached hydrogens (tertiary/aromatic N) is 1. The highest BCUT2D eigenvalue weighted by Crippen LogP contribution is 2.32. The van der Waals surface area contributed by atoms with Crippen molar-refractivity contribution in [3.05, 3.63) is 32.2 Å². The van der Waals surface area contributed by atoms with Crippen LogP contribution in [-0.4, -0.2) is 19.0 Å². The lowest BCUT2D eigenvalue weighted by molar-refractivity contribution is 0.348. The van der Waals surface area contributed by atoms with Crippen molar-refractivity contribution in [2.24, 2.45) is 4.99 Å². The number of ether oxygens (including phenoxy) is 1. The lowest BCUT2D eigenvalue weighted by atomic mass is 10.2. The predicted octanol–water partition coefficient (Wildman–Crippen LogP) is 3.53. The molecule has 0 bridgehead atoms. The van der Waals surface area contributed by atoms with Gasteiger partial charge in [0, 0.05) is 5.56 Å². The van der Waals surface area contributed by atoms with Crippen LogP contribution in [-0.2, 0) is 4.74 Å². The van der Waals surface area contributed by atoms with Crippen LogP contribution in [0.25, 0.3) is 0 Å². The highest BCUT2D eigenvalue weighted by molar-refractivity contribution is 9.10. The lowest BCUT2D eigenvalue weighted by Gasteiger charge is -2.05. The maximum Gasteiger partial charge on any atom is 0.216 e. The van der Waals surface area contributed by atoms with Gasteiger partial charge in [-0.3, -0.25) is 0 Å². The van der Waals surface area contributed by atoms with E-state index in [2.05, 4.69) is 20.9 Å². The number of hydrogen-bond acceptors (Lipinski definition) is 2. The van der Waals surface area contributed by atoms with E-state index in [0.29, 0.717) is 33.6 Å². The van der Waals surface area contributed by atoms with E-state index < -0.39 is 0 Å². The Morgan fingerprint density at radius 2 is 1.93 bits per heavy atom. The Hall–Kier alpha value is -0.250. The van der Waals surface area contributed by atoms with Crippen molar-refractivity contribution in [3.63, 3.8) is 0 Å². The highest BCUT2D eigenvalue weighted by Gasteiger charge is 2.13. The van der Waals surface area contributed by atoms with Gasteiger partial charge in [0.2, 0.25) is 5.90 Å². The third-order valence-electron chi connectivity index (χ3n) is 1.82. The van der Waals surface area contributed by atoms with E-state index in [1.54, 1.807) is 12.1 Å². The Morgan fingerprint density at radius 3 is 2.43 bits per heavy atom. The summed E-state index contributed by atoms with van der Waals surface area (Å²) in [4.78, 5) is 4.18. The average Bonchev–Trinajstić information content (AvgIpc) is 2.66. The minimum absolute atomic E-state index is 0.561. The Labute approximate surface area is 100 Å². The molecule has 2 nitrogen and oxygen atoms in total. The molecule has 0 spiro atoms. The fourth-order valence-electron chi connectivity index (χ4n) is 1.19. The minimum atomic E-state index is 0.561. The fraction of sp³-hybridized carbons (Fsp3) is 0.222. The second-order valence-corrected chi connectivity index (χ2v) is 4.40. The van der Waals surface area contributed by atoms with Crippen molar-refractivity contribution in [2.75, 3.05) is 13.2 Å². The first-order chi connectivity index (χ1) is 6.68. The Kier molecular flexibility index (Phi) is 3.00. The third-order valence-corrected chi connectivity index (χ3v) is 3.72. The molecule has 0 saturated heterocycles. The topological polar surface area (TPSA) is 21.6 Å². The molecule has 1 aromatic rings. The van der Waals surface area contributed by atoms with E-state index in [1.807, 2.05) is 0 Å². The molecule has 1 aromatic carbocycles. The Balaban J connectivity index is 2.45. The summed E-state index contributed by atoms with van der Waals surface area (Å²) in [5.74, 6) is 0.612. The molecule has 1 aliphatic heterocycles. The van der Waals surface area contributed by atoms with Gasteiger partial charge >= 0.3 is 0 Å². The van der Waals surface area contributed by atoms with Crippen LogP contribution in [0.4, 0.5) is 0 Å². The average molecular weight is 295 g/mol. The number of aliphatic imine (C=N–C) groups is 1. The Morgan fingerprint density at radius 1 is 1.29 bits per heavy atom. The number of benzene rings is 1. The summed E-state index contributed by atoms with van der Waals surface area (Å²) in [5, 5.41) is 1.12. The summed E-state index contributed by atoms with van der Waals surface area (Å²) < 4.78 is 6.00. The van der Waals surface area contributed by atoms with E-state index in [0.717, 1.165) is 5.56 Å². The molecular formula is C9H6BrCl2NO. The molecule has 2 rings (SSSR count). The van der Waals surface area contributed by atoms with Gasteiger partial charge in [0.15, 0.2) is 0 Å². The van der Waals surface area contributed by atoms with Gasteiger partial charge in [0.1, 0.15) is 6.61 Å².